The van der Waals surface area contributed by atoms with E-state index in [1.165, 1.54) is 0 Å². The molecule has 1 fully saturated rings. The van der Waals surface area contributed by atoms with Crippen molar-refractivity contribution >= 4 is 0 Å². The molecule has 2 heterocycles. The highest BCUT2D eigenvalue weighted by molar-refractivity contribution is 5.57. The van der Waals surface area contributed by atoms with Crippen LogP contribution in [0.4, 0.5) is 0 Å². The van der Waals surface area contributed by atoms with Crippen LogP contribution in [0.5, 0.6) is 11.5 Å². The molecule has 30 heavy (non-hydrogen) atoms. The quantitative estimate of drug-likeness (QED) is 0.610. The predicted molar refractivity (Wildman–Crippen MR) is 117 cm³/mol. The van der Waals surface area contributed by atoms with Crippen molar-refractivity contribution in [1.29, 1.82) is 0 Å². The van der Waals surface area contributed by atoms with E-state index in [2.05, 4.69) is 9.80 Å². The highest BCUT2D eigenvalue weighted by atomic mass is 16.5. The number of benzene rings is 2. The van der Waals surface area contributed by atoms with Gasteiger partial charge in [0.15, 0.2) is 0 Å². The second-order valence-corrected chi connectivity index (χ2v) is 7.66. The van der Waals surface area contributed by atoms with E-state index in [-0.39, 0.29) is 6.61 Å². The first kappa shape index (κ1) is 20.6. The Hall–Kier alpha value is -2.67. The first-order valence-electron chi connectivity index (χ1n) is 10.6. The van der Waals surface area contributed by atoms with E-state index in [0.29, 0.717) is 5.89 Å². The van der Waals surface area contributed by atoms with Crippen LogP contribution in [-0.4, -0.2) is 59.2 Å². The molecule has 6 heteroatoms. The minimum Gasteiger partial charge on any atom is -0.457 e. The Labute approximate surface area is 177 Å². The summed E-state index contributed by atoms with van der Waals surface area (Å²) < 4.78 is 11.9. The minimum absolute atomic E-state index is 0.263. The van der Waals surface area contributed by atoms with Gasteiger partial charge in [-0.05, 0) is 43.7 Å². The maximum Gasteiger partial charge on any atom is 0.226 e. The lowest BCUT2D eigenvalue weighted by Crippen LogP contribution is -2.46. The van der Waals surface area contributed by atoms with Gasteiger partial charge in [0, 0.05) is 51.4 Å². The van der Waals surface area contributed by atoms with Gasteiger partial charge in [-0.25, -0.2) is 4.98 Å². The van der Waals surface area contributed by atoms with Gasteiger partial charge >= 0.3 is 0 Å². The van der Waals surface area contributed by atoms with Crippen molar-refractivity contribution < 1.29 is 14.3 Å². The number of ether oxygens (including phenoxy) is 1. The molecule has 3 aromatic rings. The van der Waals surface area contributed by atoms with Crippen LogP contribution in [0.1, 0.15) is 17.9 Å². The first-order valence-corrected chi connectivity index (χ1v) is 10.6. The third-order valence-electron chi connectivity index (χ3n) is 5.42. The predicted octanol–water partition coefficient (Wildman–Crippen LogP) is 3.94. The number of para-hydroxylation sites is 1. The summed E-state index contributed by atoms with van der Waals surface area (Å²) in [5.41, 5.74) is 1.90. The monoisotopic (exact) mass is 407 g/mol. The third-order valence-corrected chi connectivity index (χ3v) is 5.42. The second-order valence-electron chi connectivity index (χ2n) is 7.66. The lowest BCUT2D eigenvalue weighted by molar-refractivity contribution is 0.118. The number of hydrogen-bond acceptors (Lipinski definition) is 6. The zero-order valence-electron chi connectivity index (χ0n) is 17.5. The van der Waals surface area contributed by atoms with Crippen molar-refractivity contribution in [1.82, 2.24) is 14.8 Å². The summed E-state index contributed by atoms with van der Waals surface area (Å²) in [6.07, 6.45) is 0.846. The molecule has 1 saturated heterocycles. The fourth-order valence-electron chi connectivity index (χ4n) is 3.69. The molecule has 0 amide bonds. The highest BCUT2D eigenvalue weighted by Gasteiger charge is 2.20. The van der Waals surface area contributed by atoms with E-state index in [0.717, 1.165) is 74.2 Å². The number of rotatable bonds is 8. The van der Waals surface area contributed by atoms with E-state index >= 15 is 0 Å². The van der Waals surface area contributed by atoms with Crippen LogP contribution >= 0.6 is 0 Å². The zero-order valence-corrected chi connectivity index (χ0v) is 17.5. The van der Waals surface area contributed by atoms with E-state index in [4.69, 9.17) is 19.2 Å². The maximum absolute atomic E-state index is 9.00. The fourth-order valence-corrected chi connectivity index (χ4v) is 3.69. The Balaban J connectivity index is 1.40. The van der Waals surface area contributed by atoms with Crippen LogP contribution < -0.4 is 4.74 Å². The van der Waals surface area contributed by atoms with Gasteiger partial charge in [-0.2, -0.15) is 0 Å². The van der Waals surface area contributed by atoms with E-state index in [9.17, 15) is 0 Å². The molecule has 1 aliphatic rings. The van der Waals surface area contributed by atoms with Gasteiger partial charge in [0.05, 0.1) is 5.69 Å². The number of hydrogen-bond donors (Lipinski definition) is 1. The van der Waals surface area contributed by atoms with Gasteiger partial charge < -0.3 is 19.2 Å². The van der Waals surface area contributed by atoms with Crippen molar-refractivity contribution in [3.63, 3.8) is 0 Å². The minimum atomic E-state index is 0.263. The first-order chi connectivity index (χ1) is 14.7. The molecule has 0 unspecified atom stereocenters. The van der Waals surface area contributed by atoms with Crippen LogP contribution in [0.15, 0.2) is 59.0 Å². The molecule has 158 valence electrons. The Morgan fingerprint density at radius 2 is 1.70 bits per heavy atom. The summed E-state index contributed by atoms with van der Waals surface area (Å²) in [5.74, 6) is 3.05. The number of oxazole rings is 1. The molecule has 2 aromatic carbocycles. The summed E-state index contributed by atoms with van der Waals surface area (Å²) >= 11 is 0. The molecule has 0 aliphatic carbocycles. The molecule has 0 bridgehead atoms. The van der Waals surface area contributed by atoms with E-state index < -0.39 is 0 Å². The molecule has 0 radical (unpaired) electrons. The zero-order chi connectivity index (χ0) is 20.8. The average molecular weight is 408 g/mol. The smallest absolute Gasteiger partial charge is 0.226 e. The second kappa shape index (κ2) is 9.89. The van der Waals surface area contributed by atoms with E-state index in [1.54, 1.807) is 0 Å². The Morgan fingerprint density at radius 1 is 0.967 bits per heavy atom. The molecule has 0 spiro atoms. The number of nitrogens with zero attached hydrogens (tertiary/aromatic N) is 3. The lowest BCUT2D eigenvalue weighted by atomic mass is 10.2. The SMILES string of the molecule is Cc1oc(-c2cccc(Oc3ccccc3)c2)nc1CN1CCN(CCCO)CC1. The Bertz CT molecular complexity index is 934. The van der Waals surface area contributed by atoms with Crippen molar-refractivity contribution in [2.45, 2.75) is 19.9 Å². The van der Waals surface area contributed by atoms with Gasteiger partial charge in [0.1, 0.15) is 17.3 Å². The topological polar surface area (TPSA) is 62.0 Å². The Kier molecular flexibility index (Phi) is 6.79. The number of aromatic nitrogens is 1. The summed E-state index contributed by atoms with van der Waals surface area (Å²) in [6.45, 7) is 8.08. The summed E-state index contributed by atoms with van der Waals surface area (Å²) in [4.78, 5) is 9.60. The van der Waals surface area contributed by atoms with Crippen LogP contribution in [0.2, 0.25) is 0 Å². The van der Waals surface area contributed by atoms with Gasteiger partial charge in [-0.1, -0.05) is 24.3 Å². The third kappa shape index (κ3) is 5.27. The molecular formula is C24H29N3O3. The van der Waals surface area contributed by atoms with Gasteiger partial charge in [0.25, 0.3) is 0 Å². The number of aliphatic hydroxyl groups excluding tert-OH is 1. The van der Waals surface area contributed by atoms with E-state index in [1.807, 2.05) is 61.5 Å². The van der Waals surface area contributed by atoms with Crippen LogP contribution in [0.25, 0.3) is 11.5 Å². The molecule has 1 N–H and O–H groups in total. The van der Waals surface area contributed by atoms with Crippen LogP contribution in [0.3, 0.4) is 0 Å². The van der Waals surface area contributed by atoms with Crippen molar-refractivity contribution in [2.75, 3.05) is 39.3 Å². The van der Waals surface area contributed by atoms with Gasteiger partial charge in [-0.3, -0.25) is 4.90 Å². The van der Waals surface area contributed by atoms with Crippen molar-refractivity contribution in [2.24, 2.45) is 0 Å². The maximum atomic E-state index is 9.00. The molecule has 0 atom stereocenters. The van der Waals surface area contributed by atoms with Gasteiger partial charge in [-0.15, -0.1) is 0 Å². The normalized spacial score (nSPS) is 15.4. The largest absolute Gasteiger partial charge is 0.457 e. The highest BCUT2D eigenvalue weighted by Crippen LogP contribution is 2.28. The summed E-state index contributed by atoms with van der Waals surface area (Å²) in [7, 11) is 0. The average Bonchev–Trinajstić information content (AvgIpc) is 3.14. The number of aryl methyl sites for hydroxylation is 1. The van der Waals surface area contributed by atoms with Crippen LogP contribution in [0, 0.1) is 6.92 Å². The molecule has 0 saturated carbocycles. The molecule has 1 aromatic heterocycles. The van der Waals surface area contributed by atoms with Crippen molar-refractivity contribution in [3.05, 3.63) is 66.1 Å². The Morgan fingerprint density at radius 3 is 2.47 bits per heavy atom. The molecule has 6 nitrogen and oxygen atoms in total. The number of piperazine rings is 1. The molecule has 1 aliphatic heterocycles. The lowest BCUT2D eigenvalue weighted by Gasteiger charge is -2.34. The standard InChI is InChI=1S/C24H29N3O3/c1-19-23(18-27-14-12-26(13-15-27)11-6-16-28)25-24(29-19)20-7-5-10-22(17-20)30-21-8-3-2-4-9-21/h2-5,7-10,17,28H,6,11-16,18H2,1H3. The molecule has 4 rings (SSSR count). The number of aliphatic hydroxyl groups is 1. The molecular weight excluding hydrogens is 378 g/mol. The van der Waals surface area contributed by atoms with Crippen LogP contribution in [-0.2, 0) is 6.54 Å². The fraction of sp³-hybridized carbons (Fsp3) is 0.375. The van der Waals surface area contributed by atoms with Gasteiger partial charge in [0.2, 0.25) is 5.89 Å². The summed E-state index contributed by atoms with van der Waals surface area (Å²) in [6, 6.07) is 17.6. The van der Waals surface area contributed by atoms with Crippen molar-refractivity contribution in [3.8, 4) is 23.0 Å². The summed E-state index contributed by atoms with van der Waals surface area (Å²) in [5, 5.41) is 9.00.